The fourth-order valence-corrected chi connectivity index (χ4v) is 4.91. The number of phenolic OH excluding ortho intramolecular Hbond substituents is 1. The van der Waals surface area contributed by atoms with Gasteiger partial charge in [-0.15, -0.1) is 0 Å². The molecule has 0 unspecified atom stereocenters. The molecule has 1 aliphatic rings. The quantitative estimate of drug-likeness (QED) is 0.329. The third kappa shape index (κ3) is 2.49. The highest BCUT2D eigenvalue weighted by molar-refractivity contribution is 6.10. The van der Waals surface area contributed by atoms with Crippen molar-refractivity contribution in [3.8, 4) is 39.1 Å². The molecule has 0 saturated carbocycles. The second-order valence-electron chi connectivity index (χ2n) is 7.90. The van der Waals surface area contributed by atoms with Crippen LogP contribution in [0, 0.1) is 0 Å². The van der Waals surface area contributed by atoms with Crippen LogP contribution < -0.4 is 0 Å². The molecular weight excluding hydrogens is 364 g/mol. The molecule has 0 bridgehead atoms. The van der Waals surface area contributed by atoms with Gasteiger partial charge in [-0.1, -0.05) is 97.1 Å². The Kier molecular flexibility index (Phi) is 3.75. The van der Waals surface area contributed by atoms with Gasteiger partial charge in [0.1, 0.15) is 5.75 Å². The summed E-state index contributed by atoms with van der Waals surface area (Å²) in [6, 6.07) is 35.9. The van der Waals surface area contributed by atoms with Crippen LogP contribution >= 0.6 is 0 Å². The Morgan fingerprint density at radius 1 is 0.567 bits per heavy atom. The summed E-state index contributed by atoms with van der Waals surface area (Å²) < 4.78 is 0. The number of hydrogen-bond acceptors (Lipinski definition) is 1. The lowest BCUT2D eigenvalue weighted by molar-refractivity contribution is 0.478. The minimum absolute atomic E-state index is 0.369. The highest BCUT2D eigenvalue weighted by atomic mass is 16.3. The summed E-state index contributed by atoms with van der Waals surface area (Å²) >= 11 is 0. The van der Waals surface area contributed by atoms with Crippen molar-refractivity contribution in [3.05, 3.63) is 114 Å². The first-order valence-electron chi connectivity index (χ1n) is 10.3. The minimum Gasteiger partial charge on any atom is -0.507 e. The van der Waals surface area contributed by atoms with Gasteiger partial charge in [0.2, 0.25) is 0 Å². The molecule has 5 aromatic rings. The summed E-state index contributed by atoms with van der Waals surface area (Å²) in [6.45, 7) is 0. The molecule has 1 nitrogen and oxygen atoms in total. The molecule has 0 aliphatic heterocycles. The average Bonchev–Trinajstić information content (AvgIpc) is 3.20. The molecule has 0 saturated heterocycles. The summed E-state index contributed by atoms with van der Waals surface area (Å²) in [5, 5.41) is 13.2. The molecule has 6 rings (SSSR count). The zero-order valence-corrected chi connectivity index (χ0v) is 16.5. The van der Waals surface area contributed by atoms with Crippen molar-refractivity contribution in [1.82, 2.24) is 0 Å². The summed E-state index contributed by atoms with van der Waals surface area (Å²) in [6.07, 6.45) is 0.842. The average molecular weight is 384 g/mol. The molecule has 0 radical (unpaired) electrons. The van der Waals surface area contributed by atoms with E-state index in [1.165, 1.54) is 38.8 Å². The summed E-state index contributed by atoms with van der Waals surface area (Å²) in [5.74, 6) is 0.369. The molecule has 0 amide bonds. The molecule has 0 atom stereocenters. The van der Waals surface area contributed by atoms with Gasteiger partial charge in [-0.3, -0.25) is 0 Å². The van der Waals surface area contributed by atoms with Crippen LogP contribution in [0.25, 0.3) is 44.2 Å². The smallest absolute Gasteiger partial charge is 0.124 e. The number of fused-ring (bicyclic) bond motifs is 5. The highest BCUT2D eigenvalue weighted by Crippen LogP contribution is 2.49. The molecule has 142 valence electrons. The lowest BCUT2D eigenvalue weighted by atomic mass is 9.86. The number of benzene rings is 5. The first-order chi connectivity index (χ1) is 14.8. The number of aromatic hydroxyl groups is 1. The maximum atomic E-state index is 10.9. The predicted octanol–water partition coefficient (Wildman–Crippen LogP) is 7.45. The van der Waals surface area contributed by atoms with Crippen LogP contribution in [0.5, 0.6) is 5.75 Å². The van der Waals surface area contributed by atoms with Crippen molar-refractivity contribution in [3.63, 3.8) is 0 Å². The van der Waals surface area contributed by atoms with Gasteiger partial charge in [-0.05, 0) is 62.2 Å². The molecule has 0 heterocycles. The lowest BCUT2D eigenvalue weighted by Crippen LogP contribution is -1.93. The van der Waals surface area contributed by atoms with Crippen molar-refractivity contribution in [2.45, 2.75) is 6.42 Å². The third-order valence-electron chi connectivity index (χ3n) is 6.19. The van der Waals surface area contributed by atoms with Crippen molar-refractivity contribution >= 4 is 10.8 Å². The number of hydrogen-bond donors (Lipinski definition) is 1. The third-order valence-corrected chi connectivity index (χ3v) is 6.19. The zero-order valence-electron chi connectivity index (χ0n) is 16.5. The Morgan fingerprint density at radius 2 is 1.23 bits per heavy atom. The minimum atomic E-state index is 0.369. The molecule has 1 heteroatoms. The van der Waals surface area contributed by atoms with E-state index in [-0.39, 0.29) is 0 Å². The normalized spacial score (nSPS) is 12.0. The van der Waals surface area contributed by atoms with Gasteiger partial charge < -0.3 is 5.11 Å². The van der Waals surface area contributed by atoms with E-state index in [2.05, 4.69) is 97.1 Å². The van der Waals surface area contributed by atoms with E-state index in [4.69, 9.17) is 0 Å². The van der Waals surface area contributed by atoms with Crippen LogP contribution in [-0.4, -0.2) is 5.11 Å². The molecule has 5 aromatic carbocycles. The van der Waals surface area contributed by atoms with E-state index in [0.717, 1.165) is 22.9 Å². The van der Waals surface area contributed by atoms with Crippen molar-refractivity contribution in [2.75, 3.05) is 0 Å². The zero-order chi connectivity index (χ0) is 20.1. The molecule has 1 aliphatic carbocycles. The van der Waals surface area contributed by atoms with Crippen LogP contribution in [0.2, 0.25) is 0 Å². The molecule has 0 aromatic heterocycles. The Hall–Kier alpha value is -3.84. The fourth-order valence-electron chi connectivity index (χ4n) is 4.91. The van der Waals surface area contributed by atoms with E-state index >= 15 is 0 Å². The van der Waals surface area contributed by atoms with E-state index in [0.29, 0.717) is 5.75 Å². The predicted molar refractivity (Wildman–Crippen MR) is 125 cm³/mol. The maximum Gasteiger partial charge on any atom is 0.124 e. The Balaban J connectivity index is 1.77. The van der Waals surface area contributed by atoms with Gasteiger partial charge in [-0.2, -0.15) is 0 Å². The van der Waals surface area contributed by atoms with E-state index in [9.17, 15) is 5.11 Å². The van der Waals surface area contributed by atoms with Gasteiger partial charge in [0.05, 0.1) is 0 Å². The van der Waals surface area contributed by atoms with Crippen LogP contribution in [0.3, 0.4) is 0 Å². The molecule has 0 fully saturated rings. The van der Waals surface area contributed by atoms with E-state index < -0.39 is 0 Å². The second kappa shape index (κ2) is 6.60. The molecule has 30 heavy (non-hydrogen) atoms. The van der Waals surface area contributed by atoms with Crippen molar-refractivity contribution < 1.29 is 5.11 Å². The highest BCUT2D eigenvalue weighted by Gasteiger charge is 2.26. The van der Waals surface area contributed by atoms with E-state index in [1.807, 2.05) is 6.07 Å². The fraction of sp³-hybridized carbons (Fsp3) is 0.0345. The largest absolute Gasteiger partial charge is 0.507 e. The summed E-state index contributed by atoms with van der Waals surface area (Å²) in [4.78, 5) is 0. The Labute approximate surface area is 175 Å². The van der Waals surface area contributed by atoms with Crippen LogP contribution in [0.4, 0.5) is 0 Å². The molecule has 1 N–H and O–H groups in total. The summed E-state index contributed by atoms with van der Waals surface area (Å²) in [7, 11) is 0. The van der Waals surface area contributed by atoms with Crippen molar-refractivity contribution in [1.29, 1.82) is 0 Å². The van der Waals surface area contributed by atoms with Crippen LogP contribution in [-0.2, 0) is 6.42 Å². The molecular formula is C29H20O. The SMILES string of the molecule is Oc1cc2ccc(-c3ccccc3)c(-c3ccccc3)c2c2c1-c1ccccc1C2. The maximum absolute atomic E-state index is 10.9. The van der Waals surface area contributed by atoms with Gasteiger partial charge in [0.15, 0.2) is 0 Å². The number of phenols is 1. The van der Waals surface area contributed by atoms with Crippen LogP contribution in [0.1, 0.15) is 11.1 Å². The standard InChI is InChI=1S/C29H20O/c30-26-18-22-15-16-24(19-9-3-1-4-10-19)27(20-11-5-2-6-12-20)28(22)25-17-21-13-7-8-14-23(21)29(25)26/h1-16,18,30H,17H2. The van der Waals surface area contributed by atoms with Gasteiger partial charge >= 0.3 is 0 Å². The van der Waals surface area contributed by atoms with Gasteiger partial charge in [0, 0.05) is 5.56 Å². The first kappa shape index (κ1) is 17.1. The number of rotatable bonds is 2. The molecule has 0 spiro atoms. The van der Waals surface area contributed by atoms with Gasteiger partial charge in [0.25, 0.3) is 0 Å². The van der Waals surface area contributed by atoms with E-state index in [1.54, 1.807) is 0 Å². The lowest BCUT2D eigenvalue weighted by Gasteiger charge is -2.18. The Morgan fingerprint density at radius 3 is 2.00 bits per heavy atom. The first-order valence-corrected chi connectivity index (χ1v) is 10.3. The Bertz CT molecular complexity index is 1400. The monoisotopic (exact) mass is 384 g/mol. The topological polar surface area (TPSA) is 20.2 Å². The van der Waals surface area contributed by atoms with Crippen molar-refractivity contribution in [2.24, 2.45) is 0 Å². The van der Waals surface area contributed by atoms with Gasteiger partial charge in [-0.25, -0.2) is 0 Å². The van der Waals surface area contributed by atoms with Crippen LogP contribution in [0.15, 0.2) is 103 Å². The second-order valence-corrected chi connectivity index (χ2v) is 7.90. The summed E-state index contributed by atoms with van der Waals surface area (Å²) in [5.41, 5.74) is 9.50.